The van der Waals surface area contributed by atoms with E-state index in [9.17, 15) is 4.79 Å². The normalized spacial score (nSPS) is 14.1. The molecule has 0 radical (unpaired) electrons. The largest absolute Gasteiger partial charge is 0.362 e. The minimum atomic E-state index is 0.174. The van der Waals surface area contributed by atoms with Crippen LogP contribution in [0.25, 0.3) is 10.1 Å². The zero-order valence-electron chi connectivity index (χ0n) is 13.6. The first-order valence-electron chi connectivity index (χ1n) is 7.80. The van der Waals surface area contributed by atoms with Gasteiger partial charge in [0.2, 0.25) is 5.43 Å². The lowest BCUT2D eigenvalue weighted by Gasteiger charge is -2.35. The van der Waals surface area contributed by atoms with Crippen LogP contribution < -0.4 is 10.3 Å². The molecular formula is C18H25NOS. The van der Waals surface area contributed by atoms with Crippen LogP contribution in [-0.4, -0.2) is 12.1 Å². The Morgan fingerprint density at radius 3 is 2.33 bits per heavy atom. The van der Waals surface area contributed by atoms with Gasteiger partial charge in [0, 0.05) is 27.5 Å². The van der Waals surface area contributed by atoms with E-state index in [-0.39, 0.29) is 5.43 Å². The van der Waals surface area contributed by atoms with E-state index in [4.69, 9.17) is 0 Å². The number of aryl methyl sites for hydroxylation is 1. The molecule has 2 aromatic rings. The van der Waals surface area contributed by atoms with Gasteiger partial charge in [-0.15, -0.1) is 11.3 Å². The van der Waals surface area contributed by atoms with Crippen molar-refractivity contribution in [1.82, 2.24) is 0 Å². The maximum absolute atomic E-state index is 12.9. The Bertz CT molecular complexity index is 666. The average Bonchev–Trinajstić information content (AvgIpc) is 2.49. The minimum Gasteiger partial charge on any atom is -0.362 e. The highest BCUT2D eigenvalue weighted by Gasteiger charge is 2.21. The van der Waals surface area contributed by atoms with Gasteiger partial charge in [-0.25, -0.2) is 0 Å². The molecule has 0 bridgehead atoms. The maximum atomic E-state index is 12.9. The van der Waals surface area contributed by atoms with Gasteiger partial charge >= 0.3 is 0 Å². The summed E-state index contributed by atoms with van der Waals surface area (Å²) in [6.45, 7) is 10.8. The summed E-state index contributed by atoms with van der Waals surface area (Å²) in [4.78, 5) is 15.2. The lowest BCUT2D eigenvalue weighted by atomic mass is 10.1. The Hall–Kier alpha value is -1.35. The summed E-state index contributed by atoms with van der Waals surface area (Å²) in [6, 6.07) is 6.89. The number of nitrogens with zero attached hydrogens (tertiary/aromatic N) is 1. The zero-order chi connectivity index (χ0) is 15.6. The molecule has 0 aliphatic rings. The Kier molecular flexibility index (Phi) is 5.04. The molecule has 21 heavy (non-hydrogen) atoms. The van der Waals surface area contributed by atoms with Crippen molar-refractivity contribution in [1.29, 1.82) is 0 Å². The maximum Gasteiger partial charge on any atom is 0.211 e. The summed E-state index contributed by atoms with van der Waals surface area (Å²) >= 11 is 1.67. The first-order valence-corrected chi connectivity index (χ1v) is 8.68. The molecule has 1 heterocycles. The van der Waals surface area contributed by atoms with Crippen molar-refractivity contribution in [2.24, 2.45) is 0 Å². The fourth-order valence-corrected chi connectivity index (χ4v) is 3.61. The molecule has 2 atom stereocenters. The van der Waals surface area contributed by atoms with Crippen LogP contribution in [0, 0.1) is 6.92 Å². The quantitative estimate of drug-likeness (QED) is 0.777. The van der Waals surface area contributed by atoms with Crippen molar-refractivity contribution in [3.8, 4) is 0 Å². The number of anilines is 1. The molecule has 0 unspecified atom stereocenters. The van der Waals surface area contributed by atoms with Gasteiger partial charge in [0.1, 0.15) is 0 Å². The number of fused-ring (bicyclic) bond motifs is 1. The van der Waals surface area contributed by atoms with E-state index in [1.807, 2.05) is 18.4 Å². The van der Waals surface area contributed by atoms with Crippen molar-refractivity contribution in [2.75, 3.05) is 4.90 Å². The summed E-state index contributed by atoms with van der Waals surface area (Å²) < 4.78 is 1.07. The molecule has 0 spiro atoms. The van der Waals surface area contributed by atoms with Gasteiger partial charge < -0.3 is 4.90 Å². The molecule has 2 rings (SSSR count). The highest BCUT2D eigenvalue weighted by atomic mass is 32.1. The average molecular weight is 303 g/mol. The van der Waals surface area contributed by atoms with Gasteiger partial charge in [-0.3, -0.25) is 4.79 Å². The molecule has 0 aliphatic heterocycles. The van der Waals surface area contributed by atoms with Gasteiger partial charge in [-0.05, 0) is 45.7 Å². The molecule has 0 N–H and O–H groups in total. The highest BCUT2D eigenvalue weighted by molar-refractivity contribution is 7.16. The third kappa shape index (κ3) is 3.13. The molecule has 0 saturated carbocycles. The van der Waals surface area contributed by atoms with Crippen molar-refractivity contribution >= 4 is 27.1 Å². The molecule has 2 nitrogen and oxygen atoms in total. The second-order valence-corrected chi connectivity index (χ2v) is 6.78. The number of benzene rings is 1. The first kappa shape index (κ1) is 16.0. The van der Waals surface area contributed by atoms with Crippen molar-refractivity contribution in [2.45, 2.75) is 59.5 Å². The van der Waals surface area contributed by atoms with E-state index >= 15 is 0 Å². The van der Waals surface area contributed by atoms with E-state index in [1.54, 1.807) is 11.3 Å². The molecule has 0 saturated heterocycles. The van der Waals surface area contributed by atoms with E-state index in [2.05, 4.69) is 44.7 Å². The number of rotatable bonds is 5. The van der Waals surface area contributed by atoms with Crippen LogP contribution in [-0.2, 0) is 0 Å². The van der Waals surface area contributed by atoms with Gasteiger partial charge in [-0.2, -0.15) is 0 Å². The molecule has 1 aromatic carbocycles. The Balaban J connectivity index is 2.63. The molecule has 1 aromatic heterocycles. The summed E-state index contributed by atoms with van der Waals surface area (Å²) in [5.41, 5.74) is 2.18. The predicted octanol–water partition coefficient (Wildman–Crippen LogP) is 4.97. The van der Waals surface area contributed by atoms with Crippen molar-refractivity contribution in [3.63, 3.8) is 0 Å². The van der Waals surface area contributed by atoms with E-state index in [0.717, 1.165) is 34.2 Å². The number of hydrogen-bond acceptors (Lipinski definition) is 3. The molecule has 0 amide bonds. The summed E-state index contributed by atoms with van der Waals surface area (Å²) in [5.74, 6) is 0. The third-order valence-electron chi connectivity index (χ3n) is 4.32. The van der Waals surface area contributed by atoms with Gasteiger partial charge in [0.25, 0.3) is 0 Å². The van der Waals surface area contributed by atoms with Crippen LogP contribution in [0.5, 0.6) is 0 Å². The van der Waals surface area contributed by atoms with Gasteiger partial charge in [0.05, 0.1) is 5.69 Å². The summed E-state index contributed by atoms with van der Waals surface area (Å²) in [5, 5.41) is 2.90. The second-order valence-electron chi connectivity index (χ2n) is 5.87. The molecule has 114 valence electrons. The topological polar surface area (TPSA) is 20.3 Å². The van der Waals surface area contributed by atoms with Crippen LogP contribution in [0.1, 0.15) is 46.1 Å². The van der Waals surface area contributed by atoms with E-state index in [0.29, 0.717) is 12.1 Å². The molecule has 3 heteroatoms. The van der Waals surface area contributed by atoms with Crippen LogP contribution in [0.2, 0.25) is 0 Å². The SMILES string of the molecule is CC[C@@H](C)N(c1csc2ccc(C)cc2c1=O)[C@@H](C)CC. The van der Waals surface area contributed by atoms with Crippen LogP contribution in [0.3, 0.4) is 0 Å². The predicted molar refractivity (Wildman–Crippen MR) is 94.8 cm³/mol. The van der Waals surface area contributed by atoms with E-state index < -0.39 is 0 Å². The van der Waals surface area contributed by atoms with Crippen LogP contribution in [0.4, 0.5) is 5.69 Å². The monoisotopic (exact) mass is 303 g/mol. The third-order valence-corrected chi connectivity index (χ3v) is 5.27. The lowest BCUT2D eigenvalue weighted by Crippen LogP contribution is -2.42. The Morgan fingerprint density at radius 2 is 1.76 bits per heavy atom. The van der Waals surface area contributed by atoms with Gasteiger partial charge in [0.15, 0.2) is 0 Å². The lowest BCUT2D eigenvalue weighted by molar-refractivity contribution is 0.527. The Morgan fingerprint density at radius 1 is 1.14 bits per heavy atom. The fourth-order valence-electron chi connectivity index (χ4n) is 2.72. The Labute approximate surface area is 131 Å². The molecule has 0 aliphatic carbocycles. The van der Waals surface area contributed by atoms with E-state index in [1.165, 1.54) is 0 Å². The fraction of sp³-hybridized carbons (Fsp3) is 0.500. The highest BCUT2D eigenvalue weighted by Crippen LogP contribution is 2.26. The standard InChI is InChI=1S/C18H25NOS/c1-6-13(4)19(14(5)7-2)16-11-21-17-9-8-12(3)10-15(17)18(16)20/h8-11,13-14H,6-7H2,1-5H3/t13-,14+. The van der Waals surface area contributed by atoms with Crippen molar-refractivity contribution in [3.05, 3.63) is 39.4 Å². The minimum absolute atomic E-state index is 0.174. The second kappa shape index (κ2) is 6.61. The number of hydrogen-bond donors (Lipinski definition) is 0. The first-order chi connectivity index (χ1) is 9.99. The van der Waals surface area contributed by atoms with Crippen LogP contribution in [0.15, 0.2) is 28.4 Å². The molecular weight excluding hydrogens is 278 g/mol. The summed E-state index contributed by atoms with van der Waals surface area (Å²) in [6.07, 6.45) is 2.08. The molecule has 0 fully saturated rings. The van der Waals surface area contributed by atoms with Crippen LogP contribution >= 0.6 is 11.3 Å². The van der Waals surface area contributed by atoms with Crippen molar-refractivity contribution < 1.29 is 0 Å². The zero-order valence-corrected chi connectivity index (χ0v) is 14.5. The summed E-state index contributed by atoms with van der Waals surface area (Å²) in [7, 11) is 0. The van der Waals surface area contributed by atoms with Gasteiger partial charge in [-0.1, -0.05) is 25.5 Å². The smallest absolute Gasteiger partial charge is 0.211 e.